The summed E-state index contributed by atoms with van der Waals surface area (Å²) in [6, 6.07) is 51.6. The van der Waals surface area contributed by atoms with Crippen molar-refractivity contribution in [2.24, 2.45) is 0 Å². The Morgan fingerprint density at radius 3 is 1.22 bits per heavy atom. The molecule has 0 radical (unpaired) electrons. The van der Waals surface area contributed by atoms with E-state index >= 15 is 0 Å². The van der Waals surface area contributed by atoms with Crippen molar-refractivity contribution in [2.45, 2.75) is 173 Å². The van der Waals surface area contributed by atoms with Crippen molar-refractivity contribution in [3.05, 3.63) is 261 Å². The Kier molecular flexibility index (Phi) is 23.6. The van der Waals surface area contributed by atoms with Crippen LogP contribution in [0.1, 0.15) is 192 Å². The van der Waals surface area contributed by atoms with E-state index in [1.807, 2.05) is 102 Å². The summed E-state index contributed by atoms with van der Waals surface area (Å²) < 4.78 is 50.7. The van der Waals surface area contributed by atoms with Crippen LogP contribution in [0.2, 0.25) is 0 Å². The molecule has 6 aromatic heterocycles. The van der Waals surface area contributed by atoms with Crippen LogP contribution in [0.15, 0.2) is 183 Å². The molecule has 0 unspecified atom stereocenters. The first-order valence-electron chi connectivity index (χ1n) is 36.3. The van der Waals surface area contributed by atoms with Crippen LogP contribution in [-0.2, 0) is 51.1 Å². The number of rotatable bonds is 16. The first-order chi connectivity index (χ1) is 51.3. The number of aryl methyl sites for hydroxylation is 4. The lowest BCUT2D eigenvalue weighted by atomic mass is 9.97. The van der Waals surface area contributed by atoms with Gasteiger partial charge in [-0.1, -0.05) is 185 Å². The minimum Gasteiger partial charge on any atom is -0.377 e. The van der Waals surface area contributed by atoms with E-state index in [0.717, 1.165) is 96.0 Å². The van der Waals surface area contributed by atoms with Crippen molar-refractivity contribution in [2.75, 3.05) is 27.9 Å². The van der Waals surface area contributed by atoms with Crippen molar-refractivity contribution in [1.82, 2.24) is 59.0 Å². The van der Waals surface area contributed by atoms with E-state index in [2.05, 4.69) is 177 Å². The average molecular weight is 1480 g/mol. The molecule has 110 heavy (non-hydrogen) atoms. The lowest BCUT2D eigenvalue weighted by Gasteiger charge is -2.28. The second-order valence-electron chi connectivity index (χ2n) is 28.8. The zero-order chi connectivity index (χ0) is 75.3. The molecule has 22 heteroatoms. The molecular formula is C88H96F3N15O4. The largest absolute Gasteiger partial charge is 0.434 e. The highest BCUT2D eigenvalue weighted by Crippen LogP contribution is 2.41. The van der Waals surface area contributed by atoms with Crippen LogP contribution >= 0.6 is 0 Å². The van der Waals surface area contributed by atoms with Gasteiger partial charge in [0.15, 0.2) is 23.2 Å². The molecule has 6 aromatic carbocycles. The van der Waals surface area contributed by atoms with Gasteiger partial charge in [0.1, 0.15) is 23.3 Å². The average Bonchev–Trinajstić information content (AvgIpc) is 1.61. The van der Waals surface area contributed by atoms with Gasteiger partial charge in [0.25, 0.3) is 0 Å². The molecule has 16 rings (SSSR count). The number of nitrogens with zero attached hydrogens (tertiary/aromatic N) is 15. The van der Waals surface area contributed by atoms with Gasteiger partial charge in [-0.2, -0.15) is 23.4 Å². The maximum Gasteiger partial charge on any atom is 0.434 e. The van der Waals surface area contributed by atoms with Crippen molar-refractivity contribution < 1.29 is 32.3 Å². The lowest BCUT2D eigenvalue weighted by molar-refractivity contribution is -0.141. The third-order valence-electron chi connectivity index (χ3n) is 20.2. The Morgan fingerprint density at radius 1 is 0.473 bits per heavy atom. The van der Waals surface area contributed by atoms with Gasteiger partial charge in [0, 0.05) is 75.1 Å². The summed E-state index contributed by atoms with van der Waals surface area (Å²) in [6.07, 6.45) is 2.73. The first kappa shape index (κ1) is 79.4. The quantitative estimate of drug-likeness (QED) is 0.0885. The number of hydrogen-bond donors (Lipinski definition) is 0. The van der Waals surface area contributed by atoms with Crippen LogP contribution in [0, 0.1) is 27.7 Å². The van der Waals surface area contributed by atoms with E-state index < -0.39 is 11.9 Å². The molecule has 0 spiro atoms. The van der Waals surface area contributed by atoms with E-state index in [0.29, 0.717) is 78.4 Å². The van der Waals surface area contributed by atoms with Crippen molar-refractivity contribution in [3.63, 3.8) is 0 Å². The second kappa shape index (κ2) is 32.7. The highest BCUT2D eigenvalue weighted by atomic mass is 19.4. The zero-order valence-electron chi connectivity index (χ0n) is 62.0. The third-order valence-corrected chi connectivity index (χ3v) is 20.2. The Labute approximate surface area is 642 Å². The number of carbonyl (C=O) groups excluding carboxylic acids is 3. The van der Waals surface area contributed by atoms with Gasteiger partial charge in [0.05, 0.1) is 79.9 Å². The summed E-state index contributed by atoms with van der Waals surface area (Å²) >= 11 is 0. The molecule has 0 aliphatic carbocycles. The molecule has 4 aliphatic rings. The summed E-state index contributed by atoms with van der Waals surface area (Å²) in [5, 5.41) is 9.13. The van der Waals surface area contributed by atoms with Crippen molar-refractivity contribution in [1.29, 1.82) is 0 Å². The maximum atomic E-state index is 13.4. The molecule has 568 valence electrons. The van der Waals surface area contributed by atoms with Crippen LogP contribution in [0.5, 0.6) is 0 Å². The molecule has 12 aromatic rings. The number of ether oxygens (including phenoxy) is 1. The van der Waals surface area contributed by atoms with Gasteiger partial charge in [-0.3, -0.25) is 29.1 Å². The molecule has 3 amide bonds. The molecule has 0 saturated carbocycles. The highest BCUT2D eigenvalue weighted by Gasteiger charge is 2.39. The smallest absolute Gasteiger partial charge is 0.377 e. The normalized spacial score (nSPS) is 14.2. The monoisotopic (exact) mass is 1480 g/mol. The van der Waals surface area contributed by atoms with Gasteiger partial charge in [0.2, 0.25) is 17.7 Å². The van der Waals surface area contributed by atoms with Crippen LogP contribution in [0.4, 0.5) is 30.6 Å². The minimum absolute atomic E-state index is 0. The van der Waals surface area contributed by atoms with Crippen molar-refractivity contribution >= 4 is 35.2 Å². The number of amides is 3. The van der Waals surface area contributed by atoms with Gasteiger partial charge >= 0.3 is 6.18 Å². The van der Waals surface area contributed by atoms with E-state index in [4.69, 9.17) is 19.7 Å². The summed E-state index contributed by atoms with van der Waals surface area (Å²) in [6.45, 7) is 26.1. The highest BCUT2D eigenvalue weighted by molar-refractivity contribution is 6.02. The zero-order valence-corrected chi connectivity index (χ0v) is 62.0. The van der Waals surface area contributed by atoms with Crippen LogP contribution < -0.4 is 14.7 Å². The molecule has 19 nitrogen and oxygen atoms in total. The van der Waals surface area contributed by atoms with E-state index in [1.54, 1.807) is 35.4 Å². The Hall–Kier alpha value is -11.7. The fraction of sp³-hybridized carbons (Fsp3) is 0.318. The summed E-state index contributed by atoms with van der Waals surface area (Å²) in [5.74, 6) is 5.16. The SMILES string of the molecule is C.C.C.CC(C)c1ccccc1-c1ncc2c(n1)N(Cc1ccc(-c3nc(C(F)(F)F)cn3C3COC3)cc1)C(=O)C2.Cc1cc(C)n(-c2ccc([C@@H](C)N3C(=O)Cc4cnc(-c5ccccc5C(C)C)nc43)cc2)n1.Cc1cc(C)n(-c2ccc([C@H](C)N3C(=O)Cc4cnc(-c5ccccc5C(C)C)nc43)cc2)n1. The molecule has 0 N–H and O–H groups in total. The molecule has 1 fully saturated rings. The summed E-state index contributed by atoms with van der Waals surface area (Å²) in [5.41, 5.74) is 17.7. The maximum absolute atomic E-state index is 13.4. The number of halogens is 3. The molecular weight excluding hydrogens is 1390 g/mol. The predicted molar refractivity (Wildman–Crippen MR) is 428 cm³/mol. The number of alkyl halides is 3. The Balaban J connectivity index is 0.000000162. The second-order valence-corrected chi connectivity index (χ2v) is 28.8. The van der Waals surface area contributed by atoms with Crippen LogP contribution in [-0.4, -0.2) is 90.0 Å². The number of fused-ring (bicyclic) bond motifs is 3. The third kappa shape index (κ3) is 16.0. The predicted octanol–water partition coefficient (Wildman–Crippen LogP) is 19.2. The van der Waals surface area contributed by atoms with Gasteiger partial charge in [-0.15, -0.1) is 0 Å². The van der Waals surface area contributed by atoms with Crippen molar-refractivity contribution in [3.8, 4) is 56.9 Å². The topological polar surface area (TPSA) is 201 Å². The van der Waals surface area contributed by atoms with E-state index in [-0.39, 0.29) is 82.8 Å². The van der Waals surface area contributed by atoms with E-state index in [9.17, 15) is 27.6 Å². The first-order valence-corrected chi connectivity index (χ1v) is 36.3. The van der Waals surface area contributed by atoms with Crippen LogP contribution in [0.3, 0.4) is 0 Å². The number of carbonyl (C=O) groups is 3. The fourth-order valence-corrected chi connectivity index (χ4v) is 14.5. The standard InChI is InChI=1S/C29H26F3N5O2.2C28H29N5O.3CH4/c1-17(2)22-5-3-4-6-23(22)26-33-12-20-11-25(38)37(28(20)35-26)13-18-7-9-19(10-8-18)27-34-24(29(30,31)32)14-36(27)21-15-39-16-21;2*1-17(2)24-8-6-7-9-25(24)27-29-16-22-15-26(34)32(28(22)30-27)20(5)21-10-12-23(13-11-21)33-19(4)14-18(3)31-33;;;/h3-10,12,14,17,21H,11,13,15-16H2,1-2H3;2*6-14,16-17,20H,15H2,1-5H3;3*1H4/t;2*20-;;;/m.10.../s1. The molecule has 2 atom stereocenters. The van der Waals surface area contributed by atoms with Gasteiger partial charge < -0.3 is 9.30 Å². The van der Waals surface area contributed by atoms with Crippen LogP contribution in [0.25, 0.3) is 56.9 Å². The molecule has 10 heterocycles. The van der Waals surface area contributed by atoms with E-state index in [1.165, 1.54) is 15.7 Å². The molecule has 1 saturated heterocycles. The molecule has 0 bridgehead atoms. The van der Waals surface area contributed by atoms with Gasteiger partial charge in [-0.25, -0.2) is 44.3 Å². The van der Waals surface area contributed by atoms with Gasteiger partial charge in [-0.05, 0) is 129 Å². The Morgan fingerprint density at radius 2 is 0.855 bits per heavy atom. The summed E-state index contributed by atoms with van der Waals surface area (Å²) in [4.78, 5) is 76.6. The molecule has 4 aliphatic heterocycles. The number of hydrogen-bond acceptors (Lipinski definition) is 13. The Bertz CT molecular complexity index is 5120. The number of anilines is 3. The number of benzene rings is 6. The number of imidazole rings is 1. The number of aromatic nitrogens is 12. The minimum atomic E-state index is -4.54. The lowest BCUT2D eigenvalue weighted by Crippen LogP contribution is -2.30. The fourth-order valence-electron chi connectivity index (χ4n) is 14.5. The summed E-state index contributed by atoms with van der Waals surface area (Å²) in [7, 11) is 0.